The van der Waals surface area contributed by atoms with E-state index in [1.165, 1.54) is 0 Å². The van der Waals surface area contributed by atoms with Crippen molar-refractivity contribution in [3.63, 3.8) is 0 Å². The lowest BCUT2D eigenvalue weighted by Crippen LogP contribution is -2.41. The van der Waals surface area contributed by atoms with Crippen LogP contribution < -0.4 is 14.8 Å². The van der Waals surface area contributed by atoms with Gasteiger partial charge in [0.2, 0.25) is 10.0 Å². The van der Waals surface area contributed by atoms with Crippen LogP contribution in [0.15, 0.2) is 65.6 Å². The highest BCUT2D eigenvalue weighted by Gasteiger charge is 2.38. The number of rotatable bonds is 8. The zero-order chi connectivity index (χ0) is 22.7. The lowest BCUT2D eigenvalue weighted by atomic mass is 10.1. The molecule has 1 heterocycles. The first-order valence-electron chi connectivity index (χ1n) is 10.5. The standard InChI is InChI=1S/C24H28N2O4S2/c1-29-21-9-7-19(24(13-21)30-2)14-25-15-20-12-22(31)16-26(20)32(27,28)23-10-8-17-5-3-4-6-18(17)11-23/h3-11,13,20,22,25,31H,12,14-16H2,1-2H3/t20-,22+/m0/s1. The van der Waals surface area contributed by atoms with Crippen molar-refractivity contribution >= 4 is 33.4 Å². The molecular formula is C24H28N2O4S2. The van der Waals surface area contributed by atoms with E-state index in [4.69, 9.17) is 9.47 Å². The third-order valence-electron chi connectivity index (χ3n) is 5.86. The van der Waals surface area contributed by atoms with Crippen LogP contribution in [0.4, 0.5) is 0 Å². The Kier molecular flexibility index (Phi) is 6.95. The normalized spacial score (nSPS) is 19.3. The fourth-order valence-electron chi connectivity index (χ4n) is 4.18. The second-order valence-electron chi connectivity index (χ2n) is 7.94. The molecule has 1 aliphatic heterocycles. The van der Waals surface area contributed by atoms with Gasteiger partial charge in [0, 0.05) is 42.6 Å². The first kappa shape index (κ1) is 22.9. The average Bonchev–Trinajstić information content (AvgIpc) is 3.20. The molecule has 4 rings (SSSR count). The molecule has 1 aliphatic rings. The van der Waals surface area contributed by atoms with Crippen molar-refractivity contribution in [1.82, 2.24) is 9.62 Å². The Hall–Kier alpha value is -2.26. The second kappa shape index (κ2) is 9.70. The van der Waals surface area contributed by atoms with Gasteiger partial charge in [0.05, 0.1) is 19.1 Å². The molecule has 6 nitrogen and oxygen atoms in total. The summed E-state index contributed by atoms with van der Waals surface area (Å²) in [5.41, 5.74) is 0.984. The van der Waals surface area contributed by atoms with Crippen molar-refractivity contribution in [2.75, 3.05) is 27.3 Å². The van der Waals surface area contributed by atoms with Crippen molar-refractivity contribution in [3.05, 3.63) is 66.2 Å². The number of sulfonamides is 1. The van der Waals surface area contributed by atoms with Crippen LogP contribution in [0.1, 0.15) is 12.0 Å². The van der Waals surface area contributed by atoms with Crippen LogP contribution in [-0.2, 0) is 16.6 Å². The van der Waals surface area contributed by atoms with Crippen molar-refractivity contribution in [2.45, 2.75) is 29.2 Å². The summed E-state index contributed by atoms with van der Waals surface area (Å²) in [6.07, 6.45) is 0.697. The van der Waals surface area contributed by atoms with Crippen LogP contribution in [-0.4, -0.2) is 51.3 Å². The van der Waals surface area contributed by atoms with Gasteiger partial charge in [0.1, 0.15) is 11.5 Å². The van der Waals surface area contributed by atoms with E-state index in [0.29, 0.717) is 31.0 Å². The number of hydrogen-bond donors (Lipinski definition) is 2. The van der Waals surface area contributed by atoms with Gasteiger partial charge in [0.15, 0.2) is 0 Å². The number of benzene rings is 3. The van der Waals surface area contributed by atoms with Gasteiger partial charge in [0.25, 0.3) is 0 Å². The minimum atomic E-state index is -3.63. The van der Waals surface area contributed by atoms with E-state index in [-0.39, 0.29) is 11.3 Å². The van der Waals surface area contributed by atoms with E-state index in [1.807, 2.05) is 48.5 Å². The monoisotopic (exact) mass is 472 g/mol. The largest absolute Gasteiger partial charge is 0.497 e. The van der Waals surface area contributed by atoms with Crippen LogP contribution in [0.2, 0.25) is 0 Å². The van der Waals surface area contributed by atoms with Crippen LogP contribution in [0.5, 0.6) is 11.5 Å². The Balaban J connectivity index is 1.49. The number of fused-ring (bicyclic) bond motifs is 1. The summed E-state index contributed by atoms with van der Waals surface area (Å²) < 4.78 is 39.2. The minimum absolute atomic E-state index is 0.00699. The summed E-state index contributed by atoms with van der Waals surface area (Å²) in [6, 6.07) is 18.6. The van der Waals surface area contributed by atoms with Crippen LogP contribution >= 0.6 is 12.6 Å². The maximum atomic E-state index is 13.5. The first-order valence-corrected chi connectivity index (χ1v) is 12.5. The zero-order valence-corrected chi connectivity index (χ0v) is 19.9. The molecule has 0 amide bonds. The summed E-state index contributed by atoms with van der Waals surface area (Å²) in [5.74, 6) is 1.46. The molecular weight excluding hydrogens is 444 g/mol. The smallest absolute Gasteiger partial charge is 0.243 e. The molecule has 8 heteroatoms. The Morgan fingerprint density at radius 3 is 2.56 bits per heavy atom. The van der Waals surface area contributed by atoms with E-state index in [9.17, 15) is 8.42 Å². The third kappa shape index (κ3) is 4.73. The topological polar surface area (TPSA) is 67.9 Å². The highest BCUT2D eigenvalue weighted by atomic mass is 32.2. The maximum absolute atomic E-state index is 13.5. The third-order valence-corrected chi connectivity index (χ3v) is 8.15. The molecule has 3 aromatic rings. The molecule has 0 bridgehead atoms. The fourth-order valence-corrected chi connectivity index (χ4v) is 6.42. The molecule has 0 aromatic heterocycles. The predicted molar refractivity (Wildman–Crippen MR) is 130 cm³/mol. The molecule has 3 aromatic carbocycles. The van der Waals surface area contributed by atoms with Gasteiger partial charge >= 0.3 is 0 Å². The highest BCUT2D eigenvalue weighted by Crippen LogP contribution is 2.30. The van der Waals surface area contributed by atoms with Crippen LogP contribution in [0.3, 0.4) is 0 Å². The van der Waals surface area contributed by atoms with Gasteiger partial charge < -0.3 is 14.8 Å². The summed E-state index contributed by atoms with van der Waals surface area (Å²) in [6.45, 7) is 1.49. The first-order chi connectivity index (χ1) is 15.4. The molecule has 0 radical (unpaired) electrons. The van der Waals surface area contributed by atoms with E-state index in [2.05, 4.69) is 17.9 Å². The van der Waals surface area contributed by atoms with E-state index in [1.54, 1.807) is 30.7 Å². The predicted octanol–water partition coefficient (Wildman–Crippen LogP) is 3.71. The Morgan fingerprint density at radius 1 is 1.03 bits per heavy atom. The lowest BCUT2D eigenvalue weighted by molar-refractivity contribution is 0.367. The molecule has 1 N–H and O–H groups in total. The number of thiol groups is 1. The maximum Gasteiger partial charge on any atom is 0.243 e. The van der Waals surface area contributed by atoms with E-state index in [0.717, 1.165) is 27.8 Å². The molecule has 170 valence electrons. The van der Waals surface area contributed by atoms with Gasteiger partial charge in [-0.2, -0.15) is 16.9 Å². The van der Waals surface area contributed by atoms with Gasteiger partial charge in [-0.15, -0.1) is 0 Å². The lowest BCUT2D eigenvalue weighted by Gasteiger charge is -2.24. The Bertz CT molecular complexity index is 1200. The van der Waals surface area contributed by atoms with Crippen molar-refractivity contribution < 1.29 is 17.9 Å². The van der Waals surface area contributed by atoms with Crippen LogP contribution in [0.25, 0.3) is 10.8 Å². The van der Waals surface area contributed by atoms with Gasteiger partial charge in [-0.25, -0.2) is 8.42 Å². The van der Waals surface area contributed by atoms with E-state index >= 15 is 0 Å². The zero-order valence-electron chi connectivity index (χ0n) is 18.2. The number of nitrogens with zero attached hydrogens (tertiary/aromatic N) is 1. The summed E-state index contributed by atoms with van der Waals surface area (Å²) in [4.78, 5) is 0.320. The van der Waals surface area contributed by atoms with Crippen LogP contribution in [0, 0.1) is 0 Å². The number of methoxy groups -OCH3 is 2. The second-order valence-corrected chi connectivity index (χ2v) is 10.6. The molecule has 0 aliphatic carbocycles. The number of nitrogens with one attached hydrogen (secondary N) is 1. The average molecular weight is 473 g/mol. The van der Waals surface area contributed by atoms with Gasteiger partial charge in [-0.1, -0.05) is 36.4 Å². The summed E-state index contributed by atoms with van der Waals surface area (Å²) >= 11 is 4.59. The molecule has 2 atom stereocenters. The fraction of sp³-hybridized carbons (Fsp3) is 0.333. The number of hydrogen-bond acceptors (Lipinski definition) is 6. The summed E-state index contributed by atoms with van der Waals surface area (Å²) in [7, 11) is -0.386. The molecule has 32 heavy (non-hydrogen) atoms. The highest BCUT2D eigenvalue weighted by molar-refractivity contribution is 7.89. The SMILES string of the molecule is COc1ccc(CNC[C@@H]2C[C@@H](S)CN2S(=O)(=O)c2ccc3ccccc3c2)c(OC)c1. The molecule has 0 saturated carbocycles. The van der Waals surface area contributed by atoms with Crippen molar-refractivity contribution in [2.24, 2.45) is 0 Å². The van der Waals surface area contributed by atoms with E-state index < -0.39 is 10.0 Å². The molecule has 0 spiro atoms. The van der Waals surface area contributed by atoms with Crippen molar-refractivity contribution in [3.8, 4) is 11.5 Å². The molecule has 0 unspecified atom stereocenters. The Labute approximate surface area is 195 Å². The molecule has 1 fully saturated rings. The minimum Gasteiger partial charge on any atom is -0.497 e. The molecule has 1 saturated heterocycles. The van der Waals surface area contributed by atoms with Gasteiger partial charge in [-0.3, -0.25) is 0 Å². The van der Waals surface area contributed by atoms with Crippen molar-refractivity contribution in [1.29, 1.82) is 0 Å². The van der Waals surface area contributed by atoms with Gasteiger partial charge in [-0.05, 0) is 35.4 Å². The summed E-state index contributed by atoms with van der Waals surface area (Å²) in [5, 5.41) is 5.34. The Morgan fingerprint density at radius 2 is 1.81 bits per heavy atom. The quantitative estimate of drug-likeness (QED) is 0.489. The number of ether oxygens (including phenoxy) is 2.